The van der Waals surface area contributed by atoms with E-state index in [9.17, 15) is 14.4 Å². The summed E-state index contributed by atoms with van der Waals surface area (Å²) in [4.78, 5) is 39.3. The van der Waals surface area contributed by atoms with E-state index in [1.54, 1.807) is 0 Å². The van der Waals surface area contributed by atoms with Crippen LogP contribution in [0.4, 0.5) is 0 Å². The van der Waals surface area contributed by atoms with E-state index in [2.05, 4.69) is 17.4 Å². The molecule has 0 bridgehead atoms. The predicted molar refractivity (Wildman–Crippen MR) is 132 cm³/mol. The molecule has 3 amide bonds. The summed E-state index contributed by atoms with van der Waals surface area (Å²) in [6.07, 6.45) is 5.64. The van der Waals surface area contributed by atoms with Crippen LogP contribution < -0.4 is 5.32 Å². The Morgan fingerprint density at radius 2 is 1.54 bits per heavy atom. The van der Waals surface area contributed by atoms with Crippen molar-refractivity contribution in [2.75, 3.05) is 6.54 Å². The fourth-order valence-corrected chi connectivity index (χ4v) is 5.23. The molecule has 35 heavy (non-hydrogen) atoms. The predicted octanol–water partition coefficient (Wildman–Crippen LogP) is 3.78. The highest BCUT2D eigenvalue weighted by Gasteiger charge is 2.47. The molecule has 0 radical (unpaired) electrons. The van der Waals surface area contributed by atoms with E-state index in [4.69, 9.17) is 5.10 Å². The quantitative estimate of drug-likeness (QED) is 0.508. The summed E-state index contributed by atoms with van der Waals surface area (Å²) in [6.45, 7) is 1.11. The van der Waals surface area contributed by atoms with Crippen molar-refractivity contribution < 1.29 is 14.4 Å². The van der Waals surface area contributed by atoms with Crippen molar-refractivity contribution in [1.29, 1.82) is 0 Å². The molecule has 0 spiro atoms. The van der Waals surface area contributed by atoms with E-state index in [0.717, 1.165) is 48.1 Å². The molecule has 7 nitrogen and oxygen atoms in total. The van der Waals surface area contributed by atoms with Crippen LogP contribution in [0, 0.1) is 11.8 Å². The van der Waals surface area contributed by atoms with E-state index in [-0.39, 0.29) is 42.5 Å². The maximum atomic E-state index is 12.7. The first-order valence-corrected chi connectivity index (χ1v) is 12.4. The van der Waals surface area contributed by atoms with Crippen molar-refractivity contribution >= 4 is 17.7 Å². The first-order chi connectivity index (χ1) is 17.1. The molecule has 2 unspecified atom stereocenters. The third-order valence-electron chi connectivity index (χ3n) is 7.04. The highest BCUT2D eigenvalue weighted by atomic mass is 16.2. The van der Waals surface area contributed by atoms with Gasteiger partial charge in [-0.25, -0.2) is 0 Å². The average molecular weight is 471 g/mol. The zero-order valence-corrected chi connectivity index (χ0v) is 19.7. The topological polar surface area (TPSA) is 84.3 Å². The number of benzene rings is 2. The third kappa shape index (κ3) is 5.04. The molecule has 2 aliphatic rings. The van der Waals surface area contributed by atoms with Gasteiger partial charge in [0.15, 0.2) is 0 Å². The number of nitrogens with zero attached hydrogens (tertiary/aromatic N) is 3. The molecule has 2 heterocycles. The number of aromatic nitrogens is 2. The second-order valence-corrected chi connectivity index (χ2v) is 9.40. The zero-order chi connectivity index (χ0) is 24.2. The summed E-state index contributed by atoms with van der Waals surface area (Å²) in [7, 11) is 0. The summed E-state index contributed by atoms with van der Waals surface area (Å²) >= 11 is 0. The first kappa shape index (κ1) is 23.0. The molecule has 2 fully saturated rings. The van der Waals surface area contributed by atoms with Gasteiger partial charge in [0.25, 0.3) is 0 Å². The highest BCUT2D eigenvalue weighted by molar-refractivity contribution is 6.05. The Bertz CT molecular complexity index is 1180. The van der Waals surface area contributed by atoms with Gasteiger partial charge in [0, 0.05) is 36.8 Å². The van der Waals surface area contributed by atoms with Crippen molar-refractivity contribution in [3.05, 3.63) is 78.0 Å². The molecule has 7 heteroatoms. The largest absolute Gasteiger partial charge is 0.352 e. The Labute approximate surface area is 205 Å². The van der Waals surface area contributed by atoms with Crippen LogP contribution in [0.25, 0.3) is 11.3 Å². The molecule has 2 aromatic carbocycles. The van der Waals surface area contributed by atoms with Crippen LogP contribution in [0.1, 0.15) is 43.2 Å². The Morgan fingerprint density at radius 3 is 2.20 bits per heavy atom. The smallest absolute Gasteiger partial charge is 0.233 e. The van der Waals surface area contributed by atoms with Crippen LogP contribution in [0.5, 0.6) is 0 Å². The monoisotopic (exact) mass is 470 g/mol. The van der Waals surface area contributed by atoms with Crippen LogP contribution in [0.15, 0.2) is 66.9 Å². The van der Waals surface area contributed by atoms with Gasteiger partial charge in [-0.3, -0.25) is 24.0 Å². The maximum Gasteiger partial charge on any atom is 0.233 e. The van der Waals surface area contributed by atoms with Crippen LogP contribution in [-0.2, 0) is 27.5 Å². The van der Waals surface area contributed by atoms with Gasteiger partial charge in [0.2, 0.25) is 17.7 Å². The fraction of sp³-hybridized carbons (Fsp3) is 0.357. The Kier molecular flexibility index (Phi) is 6.75. The average Bonchev–Trinajstić information content (AvgIpc) is 3.41. The second-order valence-electron chi connectivity index (χ2n) is 9.40. The van der Waals surface area contributed by atoms with Crippen LogP contribution in [0.3, 0.4) is 0 Å². The van der Waals surface area contributed by atoms with Gasteiger partial charge in [-0.1, -0.05) is 73.5 Å². The van der Waals surface area contributed by atoms with Crippen molar-refractivity contribution in [2.24, 2.45) is 11.8 Å². The molecule has 1 saturated heterocycles. The minimum atomic E-state index is -0.185. The standard InChI is InChI=1S/C28H30N4O3/c33-25(15-16-32-27(34)23-13-7-8-14-24(23)28(32)35)29-17-22-19-31(18-20-9-3-1-4-10-20)30-26(22)21-11-5-2-6-12-21/h1-6,9-12,19,23-24H,7-8,13-18H2,(H,29,33). The van der Waals surface area contributed by atoms with Crippen molar-refractivity contribution in [3.63, 3.8) is 0 Å². The number of fused-ring (bicyclic) bond motifs is 1. The van der Waals surface area contributed by atoms with Gasteiger partial charge in [0.1, 0.15) is 0 Å². The molecule has 180 valence electrons. The minimum Gasteiger partial charge on any atom is -0.352 e. The lowest BCUT2D eigenvalue weighted by Gasteiger charge is -2.19. The molecular weight excluding hydrogens is 440 g/mol. The van der Waals surface area contributed by atoms with E-state index < -0.39 is 0 Å². The SMILES string of the molecule is O=C(CCN1C(=O)C2CCCCC2C1=O)NCc1cn(Cc2ccccc2)nc1-c1ccccc1. The Balaban J connectivity index is 1.23. The summed E-state index contributed by atoms with van der Waals surface area (Å²) in [5, 5.41) is 7.75. The Morgan fingerprint density at radius 1 is 0.914 bits per heavy atom. The first-order valence-electron chi connectivity index (χ1n) is 12.4. The molecule has 2 atom stereocenters. The molecule has 3 aromatic rings. The number of carbonyl (C=O) groups is 3. The van der Waals surface area contributed by atoms with Crippen LogP contribution in [0.2, 0.25) is 0 Å². The van der Waals surface area contributed by atoms with Crippen LogP contribution in [-0.4, -0.2) is 38.9 Å². The summed E-state index contributed by atoms with van der Waals surface area (Å²) < 4.78 is 1.89. The van der Waals surface area contributed by atoms with Crippen molar-refractivity contribution in [3.8, 4) is 11.3 Å². The van der Waals surface area contributed by atoms with E-state index in [0.29, 0.717) is 13.1 Å². The molecular formula is C28H30N4O3. The lowest BCUT2D eigenvalue weighted by molar-refractivity contribution is -0.140. The molecule has 1 aliphatic heterocycles. The van der Waals surface area contributed by atoms with Gasteiger partial charge in [-0.2, -0.15) is 5.10 Å². The number of hydrogen-bond acceptors (Lipinski definition) is 4. The minimum absolute atomic E-state index is 0.0962. The molecule has 1 N–H and O–H groups in total. The zero-order valence-electron chi connectivity index (χ0n) is 19.7. The highest BCUT2D eigenvalue weighted by Crippen LogP contribution is 2.38. The lowest BCUT2D eigenvalue weighted by Crippen LogP contribution is -2.35. The normalized spacial score (nSPS) is 19.6. The molecule has 1 aliphatic carbocycles. The number of carbonyl (C=O) groups excluding carboxylic acids is 3. The summed E-state index contributed by atoms with van der Waals surface area (Å²) in [6, 6.07) is 20.0. The number of amides is 3. The van der Waals surface area contributed by atoms with Gasteiger partial charge < -0.3 is 5.32 Å². The van der Waals surface area contributed by atoms with Gasteiger partial charge in [0.05, 0.1) is 24.1 Å². The fourth-order valence-electron chi connectivity index (χ4n) is 5.23. The van der Waals surface area contributed by atoms with Crippen LogP contribution >= 0.6 is 0 Å². The molecule has 1 saturated carbocycles. The van der Waals surface area contributed by atoms with E-state index >= 15 is 0 Å². The number of imide groups is 1. The van der Waals surface area contributed by atoms with E-state index in [1.807, 2.05) is 59.4 Å². The second kappa shape index (κ2) is 10.3. The van der Waals surface area contributed by atoms with E-state index in [1.165, 1.54) is 4.90 Å². The summed E-state index contributed by atoms with van der Waals surface area (Å²) in [5.41, 5.74) is 3.88. The molecule has 5 rings (SSSR count). The Hall–Kier alpha value is -3.74. The lowest BCUT2D eigenvalue weighted by atomic mass is 9.81. The number of rotatable bonds is 8. The number of likely N-dealkylation sites (tertiary alicyclic amines) is 1. The maximum absolute atomic E-state index is 12.7. The van der Waals surface area contributed by atoms with Crippen molar-refractivity contribution in [1.82, 2.24) is 20.0 Å². The van der Waals surface area contributed by atoms with Gasteiger partial charge >= 0.3 is 0 Å². The number of nitrogens with one attached hydrogen (secondary N) is 1. The third-order valence-corrected chi connectivity index (χ3v) is 7.04. The van der Waals surface area contributed by atoms with Gasteiger partial charge in [-0.05, 0) is 18.4 Å². The number of hydrogen-bond donors (Lipinski definition) is 1. The van der Waals surface area contributed by atoms with Gasteiger partial charge in [-0.15, -0.1) is 0 Å². The molecule has 1 aromatic heterocycles. The van der Waals surface area contributed by atoms with Crippen molar-refractivity contribution in [2.45, 2.75) is 45.2 Å². The summed E-state index contributed by atoms with van der Waals surface area (Å²) in [5.74, 6) is -0.733.